The first kappa shape index (κ1) is 11.6. The Morgan fingerprint density at radius 2 is 2.12 bits per heavy atom. The van der Waals surface area contributed by atoms with E-state index in [1.807, 2.05) is 6.92 Å². The molecule has 0 spiro atoms. The summed E-state index contributed by atoms with van der Waals surface area (Å²) in [4.78, 5) is 12.6. The minimum atomic E-state index is -0.964. The first-order valence-corrected chi connectivity index (χ1v) is 5.74. The number of hydrogen-bond donors (Lipinski definition) is 2. The van der Waals surface area contributed by atoms with Gasteiger partial charge < -0.3 is 15.3 Å². The molecule has 4 nitrogen and oxygen atoms in total. The second-order valence-electron chi connectivity index (χ2n) is 3.50. The lowest BCUT2D eigenvalue weighted by Crippen LogP contribution is -1.99. The molecule has 1 heterocycles. The minimum absolute atomic E-state index is 0.241. The van der Waals surface area contributed by atoms with E-state index in [1.54, 1.807) is 24.5 Å². The van der Waals surface area contributed by atoms with Crippen LogP contribution in [-0.4, -0.2) is 11.1 Å². The largest absolute Gasteiger partial charge is 0.478 e. The van der Waals surface area contributed by atoms with Gasteiger partial charge >= 0.3 is 5.97 Å². The maximum absolute atomic E-state index is 11.1. The summed E-state index contributed by atoms with van der Waals surface area (Å²) in [6.07, 6.45) is 1.57. The van der Waals surface area contributed by atoms with Gasteiger partial charge in [-0.25, -0.2) is 4.79 Å². The van der Waals surface area contributed by atoms with Gasteiger partial charge in [-0.2, -0.15) is 0 Å². The monoisotopic (exact) mass is 249 g/mol. The van der Waals surface area contributed by atoms with Crippen LogP contribution in [0.4, 0.5) is 5.69 Å². The molecule has 0 fully saturated rings. The van der Waals surface area contributed by atoms with Crippen molar-refractivity contribution in [1.29, 1.82) is 0 Å². The van der Waals surface area contributed by atoms with Crippen LogP contribution in [0.1, 0.15) is 16.1 Å². The first-order chi connectivity index (χ1) is 8.08. The number of aromatic carboxylic acids is 1. The van der Waals surface area contributed by atoms with Gasteiger partial charge in [0.1, 0.15) is 5.76 Å². The van der Waals surface area contributed by atoms with Gasteiger partial charge in [0.15, 0.2) is 0 Å². The Hall–Kier alpha value is -1.88. The van der Waals surface area contributed by atoms with Crippen molar-refractivity contribution < 1.29 is 14.3 Å². The SMILES string of the molecule is Cc1occc1Sc1cc(N)ccc1C(=O)O. The smallest absolute Gasteiger partial charge is 0.336 e. The number of benzene rings is 1. The normalized spacial score (nSPS) is 10.4. The molecule has 5 heteroatoms. The van der Waals surface area contributed by atoms with E-state index in [0.29, 0.717) is 10.6 Å². The second-order valence-corrected chi connectivity index (χ2v) is 4.59. The van der Waals surface area contributed by atoms with Crippen LogP contribution in [0.5, 0.6) is 0 Å². The molecule has 2 aromatic rings. The van der Waals surface area contributed by atoms with Crippen LogP contribution in [0.15, 0.2) is 44.7 Å². The first-order valence-electron chi connectivity index (χ1n) is 4.92. The van der Waals surface area contributed by atoms with Crippen molar-refractivity contribution >= 4 is 23.4 Å². The van der Waals surface area contributed by atoms with Crippen LogP contribution in [0.2, 0.25) is 0 Å². The summed E-state index contributed by atoms with van der Waals surface area (Å²) in [6.45, 7) is 1.83. The molecule has 0 aliphatic heterocycles. The molecule has 0 bridgehead atoms. The molecule has 0 aliphatic rings. The Labute approximate surface area is 102 Å². The molecule has 0 saturated carbocycles. The van der Waals surface area contributed by atoms with Gasteiger partial charge in [-0.1, -0.05) is 11.8 Å². The number of anilines is 1. The van der Waals surface area contributed by atoms with Crippen molar-refractivity contribution in [2.45, 2.75) is 16.7 Å². The van der Waals surface area contributed by atoms with Gasteiger partial charge in [-0.15, -0.1) is 0 Å². The van der Waals surface area contributed by atoms with Crippen LogP contribution in [-0.2, 0) is 0 Å². The van der Waals surface area contributed by atoms with Gasteiger partial charge in [-0.3, -0.25) is 0 Å². The number of furan rings is 1. The average molecular weight is 249 g/mol. The van der Waals surface area contributed by atoms with E-state index < -0.39 is 5.97 Å². The summed E-state index contributed by atoms with van der Waals surface area (Å²) in [5.41, 5.74) is 6.45. The summed E-state index contributed by atoms with van der Waals surface area (Å²) in [7, 11) is 0. The minimum Gasteiger partial charge on any atom is -0.478 e. The molecule has 1 aromatic carbocycles. The van der Waals surface area contributed by atoms with E-state index >= 15 is 0 Å². The number of rotatable bonds is 3. The zero-order chi connectivity index (χ0) is 12.4. The van der Waals surface area contributed by atoms with Crippen LogP contribution in [0.25, 0.3) is 0 Å². The number of nitrogen functional groups attached to an aromatic ring is 1. The molecule has 17 heavy (non-hydrogen) atoms. The molecule has 88 valence electrons. The van der Waals surface area contributed by atoms with Crippen molar-refractivity contribution in [3.05, 3.63) is 41.9 Å². The molecule has 0 atom stereocenters. The molecule has 0 amide bonds. The predicted molar refractivity (Wildman–Crippen MR) is 65.4 cm³/mol. The highest BCUT2D eigenvalue weighted by Crippen LogP contribution is 2.34. The third-order valence-corrected chi connectivity index (χ3v) is 3.47. The lowest BCUT2D eigenvalue weighted by molar-refractivity contribution is 0.0693. The van der Waals surface area contributed by atoms with Crippen LogP contribution < -0.4 is 5.73 Å². The van der Waals surface area contributed by atoms with E-state index in [4.69, 9.17) is 15.3 Å². The van der Waals surface area contributed by atoms with Gasteiger partial charge in [-0.05, 0) is 31.2 Å². The number of carboxylic acid groups (broad SMARTS) is 1. The highest BCUT2D eigenvalue weighted by molar-refractivity contribution is 7.99. The molecule has 2 rings (SSSR count). The van der Waals surface area contributed by atoms with Gasteiger partial charge in [0, 0.05) is 10.6 Å². The maximum Gasteiger partial charge on any atom is 0.336 e. The van der Waals surface area contributed by atoms with Crippen molar-refractivity contribution in [1.82, 2.24) is 0 Å². The Kier molecular flexibility index (Phi) is 3.10. The Morgan fingerprint density at radius 1 is 1.35 bits per heavy atom. The fourth-order valence-corrected chi connectivity index (χ4v) is 2.41. The van der Waals surface area contributed by atoms with E-state index in [2.05, 4.69) is 0 Å². The van der Waals surface area contributed by atoms with Crippen LogP contribution in [0.3, 0.4) is 0 Å². The lowest BCUT2D eigenvalue weighted by atomic mass is 10.2. The van der Waals surface area contributed by atoms with E-state index in [1.165, 1.54) is 17.8 Å². The topological polar surface area (TPSA) is 76.5 Å². The van der Waals surface area contributed by atoms with E-state index in [9.17, 15) is 4.79 Å². The highest BCUT2D eigenvalue weighted by Gasteiger charge is 2.13. The molecule has 3 N–H and O–H groups in total. The molecule has 0 radical (unpaired) electrons. The quantitative estimate of drug-likeness (QED) is 0.818. The van der Waals surface area contributed by atoms with Crippen LogP contribution in [0, 0.1) is 6.92 Å². The zero-order valence-corrected chi connectivity index (χ0v) is 9.95. The van der Waals surface area contributed by atoms with Crippen molar-refractivity contribution in [2.75, 3.05) is 5.73 Å². The summed E-state index contributed by atoms with van der Waals surface area (Å²) >= 11 is 1.34. The highest BCUT2D eigenvalue weighted by atomic mass is 32.2. The molecular weight excluding hydrogens is 238 g/mol. The van der Waals surface area contributed by atoms with Gasteiger partial charge in [0.05, 0.1) is 16.7 Å². The van der Waals surface area contributed by atoms with E-state index in [-0.39, 0.29) is 5.56 Å². The molecular formula is C12H11NO3S. The van der Waals surface area contributed by atoms with Crippen LogP contribution >= 0.6 is 11.8 Å². The van der Waals surface area contributed by atoms with Crippen molar-refractivity contribution in [2.24, 2.45) is 0 Å². The fourth-order valence-electron chi connectivity index (χ4n) is 1.40. The standard InChI is InChI=1S/C12H11NO3S/c1-7-10(4-5-16-7)17-11-6-8(13)2-3-9(11)12(14)15/h2-6H,13H2,1H3,(H,14,15). The second kappa shape index (κ2) is 4.55. The Morgan fingerprint density at radius 3 is 2.71 bits per heavy atom. The average Bonchev–Trinajstić information content (AvgIpc) is 2.64. The predicted octanol–water partition coefficient (Wildman–Crippen LogP) is 3.02. The fraction of sp³-hybridized carbons (Fsp3) is 0.0833. The molecule has 0 saturated heterocycles. The summed E-state index contributed by atoms with van der Waals surface area (Å²) < 4.78 is 5.17. The van der Waals surface area contributed by atoms with E-state index in [0.717, 1.165) is 10.7 Å². The number of carboxylic acids is 1. The summed E-state index contributed by atoms with van der Waals surface area (Å²) in [5, 5.41) is 9.08. The third-order valence-electron chi connectivity index (χ3n) is 2.27. The zero-order valence-electron chi connectivity index (χ0n) is 9.14. The van der Waals surface area contributed by atoms with Crippen molar-refractivity contribution in [3.63, 3.8) is 0 Å². The van der Waals surface area contributed by atoms with Crippen molar-refractivity contribution in [3.8, 4) is 0 Å². The third kappa shape index (κ3) is 2.45. The maximum atomic E-state index is 11.1. The number of nitrogens with two attached hydrogens (primary N) is 1. The Balaban J connectivity index is 2.41. The lowest BCUT2D eigenvalue weighted by Gasteiger charge is -2.06. The molecule has 0 unspecified atom stereocenters. The Bertz CT molecular complexity index is 563. The van der Waals surface area contributed by atoms with Gasteiger partial charge in [0.2, 0.25) is 0 Å². The number of hydrogen-bond acceptors (Lipinski definition) is 4. The van der Waals surface area contributed by atoms with Gasteiger partial charge in [0.25, 0.3) is 0 Å². The number of aryl methyl sites for hydroxylation is 1. The molecule has 0 aliphatic carbocycles. The summed E-state index contributed by atoms with van der Waals surface area (Å²) in [6, 6.07) is 6.54. The summed E-state index contributed by atoms with van der Waals surface area (Å²) in [5.74, 6) is -0.206. The molecule has 1 aromatic heterocycles. The number of carbonyl (C=O) groups is 1.